The van der Waals surface area contributed by atoms with E-state index in [0.717, 1.165) is 81.3 Å². The number of fused-ring (bicyclic) bond motifs is 1. The molecule has 0 amide bonds. The molecule has 2 aliphatic rings. The molecule has 0 radical (unpaired) electrons. The van der Waals surface area contributed by atoms with Gasteiger partial charge in [-0.05, 0) is 132 Å². The monoisotopic (exact) mass is 609 g/mol. The molecule has 0 spiro atoms. The topological polar surface area (TPSA) is 48.5 Å². The molecule has 0 aromatic heterocycles. The summed E-state index contributed by atoms with van der Waals surface area (Å²) in [6.07, 6.45) is 19.2. The van der Waals surface area contributed by atoms with Crippen molar-refractivity contribution in [3.63, 3.8) is 0 Å². The molecule has 3 nitrogen and oxygen atoms in total. The van der Waals surface area contributed by atoms with E-state index in [4.69, 9.17) is 9.98 Å². The smallest absolute Gasteiger partial charge is 0.155 e. The van der Waals surface area contributed by atoms with E-state index in [0.29, 0.717) is 11.4 Å². The van der Waals surface area contributed by atoms with Crippen molar-refractivity contribution in [2.45, 2.75) is 46.5 Å². The highest BCUT2D eigenvalue weighted by molar-refractivity contribution is 6.15. The van der Waals surface area contributed by atoms with E-state index in [1.165, 1.54) is 16.7 Å². The number of allylic oxidation sites excluding steroid dienone is 7. The molecule has 47 heavy (non-hydrogen) atoms. The van der Waals surface area contributed by atoms with Gasteiger partial charge in [-0.2, -0.15) is 5.26 Å². The molecule has 4 aromatic carbocycles. The maximum atomic E-state index is 9.42. The van der Waals surface area contributed by atoms with Gasteiger partial charge in [0.15, 0.2) is 5.84 Å². The summed E-state index contributed by atoms with van der Waals surface area (Å²) in [5.74, 6) is 0.666. The summed E-state index contributed by atoms with van der Waals surface area (Å²) >= 11 is 0. The van der Waals surface area contributed by atoms with Gasteiger partial charge in [0, 0.05) is 5.71 Å². The predicted molar refractivity (Wildman–Crippen MR) is 201 cm³/mol. The molecule has 0 N–H and O–H groups in total. The van der Waals surface area contributed by atoms with Crippen LogP contribution in [0, 0.1) is 18.3 Å². The number of nitriles is 1. The molecular weight excluding hydrogens is 571 g/mol. The summed E-state index contributed by atoms with van der Waals surface area (Å²) in [4.78, 5) is 10.3. The van der Waals surface area contributed by atoms with Crippen molar-refractivity contribution >= 4 is 28.4 Å². The molecule has 0 saturated heterocycles. The lowest BCUT2D eigenvalue weighted by Gasteiger charge is -2.18. The Kier molecular flexibility index (Phi) is 9.51. The first-order valence-corrected chi connectivity index (χ1v) is 16.3. The van der Waals surface area contributed by atoms with Gasteiger partial charge in [0.1, 0.15) is 0 Å². The summed E-state index contributed by atoms with van der Waals surface area (Å²) in [6, 6.07) is 29.5. The lowest BCUT2D eigenvalue weighted by Crippen LogP contribution is -2.07. The van der Waals surface area contributed by atoms with E-state index < -0.39 is 0 Å². The number of rotatable bonds is 7. The van der Waals surface area contributed by atoms with Gasteiger partial charge in [0.2, 0.25) is 0 Å². The van der Waals surface area contributed by atoms with E-state index in [1.807, 2.05) is 24.3 Å². The molecule has 0 unspecified atom stereocenters. The Balaban J connectivity index is 1.58. The van der Waals surface area contributed by atoms with Crippen molar-refractivity contribution in [3.8, 4) is 28.3 Å². The Labute approximate surface area is 278 Å². The van der Waals surface area contributed by atoms with Crippen LogP contribution in [0.1, 0.15) is 56.2 Å². The molecule has 0 heterocycles. The van der Waals surface area contributed by atoms with Crippen LogP contribution in [0.15, 0.2) is 154 Å². The van der Waals surface area contributed by atoms with Gasteiger partial charge in [0.05, 0.1) is 17.3 Å². The molecule has 2 aliphatic carbocycles. The minimum absolute atomic E-state index is 0.649. The Morgan fingerprint density at radius 2 is 1.60 bits per heavy atom. The van der Waals surface area contributed by atoms with Gasteiger partial charge >= 0.3 is 0 Å². The van der Waals surface area contributed by atoms with Gasteiger partial charge in [-0.1, -0.05) is 104 Å². The van der Waals surface area contributed by atoms with E-state index >= 15 is 0 Å². The first kappa shape index (κ1) is 31.4. The highest BCUT2D eigenvalue weighted by Crippen LogP contribution is 2.40. The third-order valence-electron chi connectivity index (χ3n) is 8.88. The molecule has 0 aliphatic heterocycles. The number of amidine groups is 1. The average molecular weight is 610 g/mol. The highest BCUT2D eigenvalue weighted by atomic mass is 14.9. The van der Waals surface area contributed by atoms with Crippen LogP contribution in [0.25, 0.3) is 39.1 Å². The van der Waals surface area contributed by atoms with Gasteiger partial charge in [-0.3, -0.25) is 0 Å². The van der Waals surface area contributed by atoms with Crippen LogP contribution in [0.5, 0.6) is 0 Å². The van der Waals surface area contributed by atoms with E-state index in [-0.39, 0.29) is 0 Å². The largest absolute Gasteiger partial charge is 0.233 e. The Morgan fingerprint density at radius 1 is 0.830 bits per heavy atom. The highest BCUT2D eigenvalue weighted by Gasteiger charge is 2.17. The lowest BCUT2D eigenvalue weighted by atomic mass is 9.86. The zero-order chi connectivity index (χ0) is 32.8. The van der Waals surface area contributed by atoms with Gasteiger partial charge in [0.25, 0.3) is 0 Å². The molecule has 0 fully saturated rings. The Bertz CT molecular complexity index is 2120. The lowest BCUT2D eigenvalue weighted by molar-refractivity contribution is 1.00. The molecule has 0 bridgehead atoms. The molecule has 0 atom stereocenters. The molecule has 6 rings (SSSR count). The van der Waals surface area contributed by atoms with Crippen LogP contribution < -0.4 is 0 Å². The summed E-state index contributed by atoms with van der Waals surface area (Å²) < 4.78 is 0. The molecule has 230 valence electrons. The maximum Gasteiger partial charge on any atom is 0.155 e. The molecule has 3 heteroatoms. The molecule has 4 aromatic rings. The van der Waals surface area contributed by atoms with Crippen LogP contribution in [0.3, 0.4) is 0 Å². The number of aliphatic imine (C=N–C) groups is 2. The number of hydrogen-bond donors (Lipinski definition) is 0. The fourth-order valence-electron chi connectivity index (χ4n) is 6.25. The van der Waals surface area contributed by atoms with E-state index in [1.54, 1.807) is 0 Å². The zero-order valence-electron chi connectivity index (χ0n) is 27.4. The SMILES string of the molecule is C=C(N=C(N=C(C)C1=CC=CCC1)/C(C)=C/c1c(-c2ccccc2C)cc(-c2ccc(C#N)cc2)c2ccccc12)C1=CCCC=C1. The number of aryl methyl sites for hydroxylation is 1. The second kappa shape index (κ2) is 14.2. The average Bonchev–Trinajstić information content (AvgIpc) is 3.12. The fraction of sp³-hybridized carbons (Fsp3) is 0.159. The third-order valence-corrected chi connectivity index (χ3v) is 8.88. The van der Waals surface area contributed by atoms with Gasteiger partial charge < -0.3 is 0 Å². The van der Waals surface area contributed by atoms with Crippen LogP contribution in [0.4, 0.5) is 0 Å². The van der Waals surface area contributed by atoms with Crippen molar-refractivity contribution in [2.75, 3.05) is 0 Å². The Hall–Kier alpha value is -5.59. The zero-order valence-corrected chi connectivity index (χ0v) is 27.4. The van der Waals surface area contributed by atoms with Crippen LogP contribution >= 0.6 is 0 Å². The fourth-order valence-corrected chi connectivity index (χ4v) is 6.25. The number of nitrogens with zero attached hydrogens (tertiary/aromatic N) is 3. The summed E-state index contributed by atoms with van der Waals surface area (Å²) in [7, 11) is 0. The predicted octanol–water partition coefficient (Wildman–Crippen LogP) is 11.7. The minimum atomic E-state index is 0.649. The van der Waals surface area contributed by atoms with E-state index in [2.05, 4.69) is 131 Å². The Morgan fingerprint density at radius 3 is 2.30 bits per heavy atom. The standard InChI is InChI=1S/C44H39N3/c1-30-15-11-12-20-38(30)43-28-41(37-25-23-34(29-45)24-26-37)39-21-13-14-22-40(39)42(43)27-31(2)44(46-32(3)35-16-7-5-8-17-35)47-33(4)36-18-9-6-10-19-36/h6-7,9,11-18,20-28H,3,5,8,10,19H2,1-2,4H3/b31-27+,46-44?,47-33?. The van der Waals surface area contributed by atoms with E-state index in [9.17, 15) is 5.26 Å². The number of benzene rings is 4. The first-order valence-electron chi connectivity index (χ1n) is 16.3. The number of hydrogen-bond acceptors (Lipinski definition) is 2. The van der Waals surface area contributed by atoms with Crippen molar-refractivity contribution in [2.24, 2.45) is 9.98 Å². The van der Waals surface area contributed by atoms with Crippen molar-refractivity contribution < 1.29 is 0 Å². The second-order valence-corrected chi connectivity index (χ2v) is 12.1. The molecule has 0 saturated carbocycles. The minimum Gasteiger partial charge on any atom is -0.233 e. The van der Waals surface area contributed by atoms with Crippen LogP contribution in [0.2, 0.25) is 0 Å². The normalized spacial score (nSPS) is 15.3. The van der Waals surface area contributed by atoms with Crippen LogP contribution in [-0.2, 0) is 0 Å². The van der Waals surface area contributed by atoms with Crippen LogP contribution in [-0.4, -0.2) is 11.5 Å². The van der Waals surface area contributed by atoms with Gasteiger partial charge in [-0.25, -0.2) is 9.98 Å². The van der Waals surface area contributed by atoms with Crippen molar-refractivity contribution in [1.29, 1.82) is 5.26 Å². The van der Waals surface area contributed by atoms with Crippen molar-refractivity contribution in [1.82, 2.24) is 0 Å². The first-order chi connectivity index (χ1) is 22.9. The quantitative estimate of drug-likeness (QED) is 0.152. The maximum absolute atomic E-state index is 9.42. The summed E-state index contributed by atoms with van der Waals surface area (Å²) in [5, 5.41) is 11.7. The summed E-state index contributed by atoms with van der Waals surface area (Å²) in [5.41, 5.74) is 12.4. The third kappa shape index (κ3) is 6.98. The van der Waals surface area contributed by atoms with Crippen molar-refractivity contribution in [3.05, 3.63) is 161 Å². The summed E-state index contributed by atoms with van der Waals surface area (Å²) in [6.45, 7) is 10.7. The second-order valence-electron chi connectivity index (χ2n) is 12.1. The van der Waals surface area contributed by atoms with Gasteiger partial charge in [-0.15, -0.1) is 0 Å². The molecular formula is C44H39N3.